The Hall–Kier alpha value is -0.770. The van der Waals surface area contributed by atoms with Crippen molar-refractivity contribution in [3.05, 3.63) is 11.4 Å². The number of nitrogens with zero attached hydrogens (tertiary/aromatic N) is 2. The second-order valence-electron chi connectivity index (χ2n) is 4.60. The number of thioether (sulfide) groups is 1. The van der Waals surface area contributed by atoms with Crippen LogP contribution in [0, 0.1) is 13.8 Å². The molecule has 1 aliphatic carbocycles. The first kappa shape index (κ1) is 12.7. The lowest BCUT2D eigenvalue weighted by Crippen LogP contribution is -2.07. The number of hydrogen-bond acceptors (Lipinski definition) is 4. The molecule has 1 aliphatic rings. The Labute approximate surface area is 108 Å². The van der Waals surface area contributed by atoms with Crippen LogP contribution in [0.4, 0.5) is 5.82 Å². The van der Waals surface area contributed by atoms with Crippen molar-refractivity contribution in [3.8, 4) is 0 Å². The summed E-state index contributed by atoms with van der Waals surface area (Å²) in [6, 6.07) is 0. The summed E-state index contributed by atoms with van der Waals surface area (Å²) >= 11 is 1.94. The van der Waals surface area contributed by atoms with E-state index in [1.807, 2.05) is 18.7 Å². The van der Waals surface area contributed by atoms with Crippen molar-refractivity contribution in [2.24, 2.45) is 0 Å². The fraction of sp³-hybridized carbons (Fsp3) is 0.692. The van der Waals surface area contributed by atoms with Crippen LogP contribution < -0.4 is 5.32 Å². The third-order valence-electron chi connectivity index (χ3n) is 3.14. The molecular formula is C13H21N3S. The molecule has 3 nitrogen and oxygen atoms in total. The smallest absolute Gasteiger partial charge is 0.133 e. The van der Waals surface area contributed by atoms with Crippen LogP contribution >= 0.6 is 11.8 Å². The van der Waals surface area contributed by atoms with Gasteiger partial charge < -0.3 is 5.32 Å². The molecule has 1 N–H and O–H groups in total. The zero-order valence-corrected chi connectivity index (χ0v) is 11.7. The normalized spacial score (nSPS) is 16.4. The van der Waals surface area contributed by atoms with Crippen LogP contribution in [-0.2, 0) is 0 Å². The number of rotatable bonds is 4. The average Bonchev–Trinajstić information content (AvgIpc) is 2.78. The Kier molecular flexibility index (Phi) is 4.26. The highest BCUT2D eigenvalue weighted by molar-refractivity contribution is 7.99. The van der Waals surface area contributed by atoms with Crippen LogP contribution in [0.3, 0.4) is 0 Å². The molecular weight excluding hydrogens is 230 g/mol. The lowest BCUT2D eigenvalue weighted by atomic mass is 10.3. The highest BCUT2D eigenvalue weighted by Gasteiger charge is 2.19. The molecule has 1 heterocycles. The first-order valence-corrected chi connectivity index (χ1v) is 7.34. The molecule has 0 aliphatic heterocycles. The summed E-state index contributed by atoms with van der Waals surface area (Å²) in [6.07, 6.45) is 5.43. The van der Waals surface area contributed by atoms with Crippen LogP contribution in [0.15, 0.2) is 5.03 Å². The molecule has 0 amide bonds. The van der Waals surface area contributed by atoms with E-state index >= 15 is 0 Å². The minimum Gasteiger partial charge on any atom is -0.370 e. The summed E-state index contributed by atoms with van der Waals surface area (Å²) in [5.74, 6) is 1.87. The Morgan fingerprint density at radius 2 is 1.94 bits per heavy atom. The maximum Gasteiger partial charge on any atom is 0.133 e. The van der Waals surface area contributed by atoms with Gasteiger partial charge in [-0.1, -0.05) is 12.8 Å². The largest absolute Gasteiger partial charge is 0.370 e. The van der Waals surface area contributed by atoms with Crippen LogP contribution in [0.1, 0.15) is 44.0 Å². The van der Waals surface area contributed by atoms with Crippen molar-refractivity contribution in [1.82, 2.24) is 9.97 Å². The van der Waals surface area contributed by atoms with E-state index in [2.05, 4.69) is 29.1 Å². The standard InChI is InChI=1S/C13H21N3S/c1-4-14-12-9(2)13(16-10(3)15-12)17-11-7-5-6-8-11/h11H,4-8H2,1-3H3,(H,14,15,16). The Morgan fingerprint density at radius 3 is 2.59 bits per heavy atom. The van der Waals surface area contributed by atoms with Crippen molar-refractivity contribution in [2.75, 3.05) is 11.9 Å². The summed E-state index contributed by atoms with van der Waals surface area (Å²) in [7, 11) is 0. The van der Waals surface area contributed by atoms with Gasteiger partial charge in [0.25, 0.3) is 0 Å². The van der Waals surface area contributed by atoms with Crippen LogP contribution in [0.2, 0.25) is 0 Å². The van der Waals surface area contributed by atoms with Crippen LogP contribution in [0.5, 0.6) is 0 Å². The highest BCUT2D eigenvalue weighted by atomic mass is 32.2. The topological polar surface area (TPSA) is 37.8 Å². The summed E-state index contributed by atoms with van der Waals surface area (Å²) in [5.41, 5.74) is 1.20. The van der Waals surface area contributed by atoms with Gasteiger partial charge in [0.2, 0.25) is 0 Å². The van der Waals surface area contributed by atoms with Gasteiger partial charge in [-0.15, -0.1) is 11.8 Å². The third-order valence-corrected chi connectivity index (χ3v) is 4.56. The fourth-order valence-electron chi connectivity index (χ4n) is 2.22. The first-order valence-electron chi connectivity index (χ1n) is 6.46. The molecule has 0 atom stereocenters. The van der Waals surface area contributed by atoms with Gasteiger partial charge in [-0.3, -0.25) is 0 Å². The summed E-state index contributed by atoms with van der Waals surface area (Å²) in [4.78, 5) is 9.05. The number of aryl methyl sites for hydroxylation is 1. The molecule has 0 bridgehead atoms. The zero-order chi connectivity index (χ0) is 12.3. The molecule has 1 saturated carbocycles. The van der Waals surface area contributed by atoms with E-state index in [9.17, 15) is 0 Å². The van der Waals surface area contributed by atoms with Gasteiger partial charge in [0.1, 0.15) is 16.7 Å². The lowest BCUT2D eigenvalue weighted by Gasteiger charge is -2.14. The van der Waals surface area contributed by atoms with Gasteiger partial charge in [0.05, 0.1) is 0 Å². The van der Waals surface area contributed by atoms with Crippen molar-refractivity contribution >= 4 is 17.6 Å². The highest BCUT2D eigenvalue weighted by Crippen LogP contribution is 2.36. The molecule has 4 heteroatoms. The molecule has 0 aromatic carbocycles. The summed E-state index contributed by atoms with van der Waals surface area (Å²) in [5, 5.41) is 5.25. The van der Waals surface area contributed by atoms with Gasteiger partial charge in [-0.25, -0.2) is 9.97 Å². The van der Waals surface area contributed by atoms with E-state index in [-0.39, 0.29) is 0 Å². The van der Waals surface area contributed by atoms with Crippen molar-refractivity contribution < 1.29 is 0 Å². The molecule has 1 fully saturated rings. The minimum absolute atomic E-state index is 0.762. The van der Waals surface area contributed by atoms with E-state index < -0.39 is 0 Å². The van der Waals surface area contributed by atoms with Gasteiger partial charge in [0.15, 0.2) is 0 Å². The zero-order valence-electron chi connectivity index (χ0n) is 10.9. The molecule has 2 rings (SSSR count). The van der Waals surface area contributed by atoms with E-state index in [0.717, 1.165) is 23.4 Å². The summed E-state index contributed by atoms with van der Waals surface area (Å²) in [6.45, 7) is 7.10. The quantitative estimate of drug-likeness (QED) is 0.830. The molecule has 0 spiro atoms. The molecule has 1 aromatic rings. The maximum absolute atomic E-state index is 4.59. The molecule has 0 radical (unpaired) electrons. The van der Waals surface area contributed by atoms with E-state index in [1.165, 1.54) is 36.3 Å². The van der Waals surface area contributed by atoms with Gasteiger partial charge in [-0.05, 0) is 33.6 Å². The van der Waals surface area contributed by atoms with Gasteiger partial charge in [0, 0.05) is 17.4 Å². The SMILES string of the molecule is CCNc1nc(C)nc(SC2CCCC2)c1C. The van der Waals surface area contributed by atoms with E-state index in [1.54, 1.807) is 0 Å². The van der Waals surface area contributed by atoms with Gasteiger partial charge >= 0.3 is 0 Å². The van der Waals surface area contributed by atoms with Crippen molar-refractivity contribution in [1.29, 1.82) is 0 Å². The van der Waals surface area contributed by atoms with E-state index in [0.29, 0.717) is 0 Å². The Balaban J connectivity index is 2.19. The Morgan fingerprint density at radius 1 is 1.24 bits per heavy atom. The number of aromatic nitrogens is 2. The predicted octanol–water partition coefficient (Wildman–Crippen LogP) is 3.56. The molecule has 94 valence electrons. The number of nitrogens with one attached hydrogen (secondary N) is 1. The van der Waals surface area contributed by atoms with Crippen LogP contribution in [0.25, 0.3) is 0 Å². The monoisotopic (exact) mass is 251 g/mol. The van der Waals surface area contributed by atoms with Crippen molar-refractivity contribution in [2.45, 2.75) is 56.7 Å². The molecule has 0 saturated heterocycles. The average molecular weight is 251 g/mol. The molecule has 0 unspecified atom stereocenters. The lowest BCUT2D eigenvalue weighted by molar-refractivity contribution is 0.885. The van der Waals surface area contributed by atoms with E-state index in [4.69, 9.17) is 0 Å². The summed E-state index contributed by atoms with van der Waals surface area (Å²) < 4.78 is 0. The maximum atomic E-state index is 4.59. The third kappa shape index (κ3) is 3.12. The number of hydrogen-bond donors (Lipinski definition) is 1. The second-order valence-corrected chi connectivity index (χ2v) is 5.89. The molecule has 17 heavy (non-hydrogen) atoms. The minimum atomic E-state index is 0.762. The fourth-order valence-corrected chi connectivity index (χ4v) is 3.56. The van der Waals surface area contributed by atoms with Gasteiger partial charge in [-0.2, -0.15) is 0 Å². The second kappa shape index (κ2) is 5.71. The Bertz CT molecular complexity index is 386. The molecule has 1 aromatic heterocycles. The first-order chi connectivity index (χ1) is 8.20. The number of anilines is 1. The predicted molar refractivity (Wildman–Crippen MR) is 73.8 cm³/mol. The van der Waals surface area contributed by atoms with Crippen LogP contribution in [-0.4, -0.2) is 21.8 Å². The van der Waals surface area contributed by atoms with Crippen molar-refractivity contribution in [3.63, 3.8) is 0 Å².